The van der Waals surface area contributed by atoms with Crippen molar-refractivity contribution in [2.45, 2.75) is 11.3 Å². The minimum Gasteiger partial charge on any atom is -0.294 e. The van der Waals surface area contributed by atoms with E-state index < -0.39 is 11.6 Å². The molecule has 0 N–H and O–H groups in total. The van der Waals surface area contributed by atoms with E-state index in [1.54, 1.807) is 12.1 Å². The third kappa shape index (κ3) is 3.20. The summed E-state index contributed by atoms with van der Waals surface area (Å²) in [7, 11) is 0. The molecule has 0 fully saturated rings. The fourth-order valence-corrected chi connectivity index (χ4v) is 2.42. The summed E-state index contributed by atoms with van der Waals surface area (Å²) in [6.45, 7) is 0. The van der Waals surface area contributed by atoms with E-state index in [0.29, 0.717) is 11.1 Å². The van der Waals surface area contributed by atoms with Crippen molar-refractivity contribution < 1.29 is 13.6 Å². The summed E-state index contributed by atoms with van der Waals surface area (Å²) in [4.78, 5) is 13.0. The van der Waals surface area contributed by atoms with Crippen LogP contribution in [-0.4, -0.2) is 12.0 Å². The van der Waals surface area contributed by atoms with Crippen molar-refractivity contribution in [3.63, 3.8) is 0 Å². The van der Waals surface area contributed by atoms with Crippen molar-refractivity contribution >= 4 is 17.5 Å². The first kappa shape index (κ1) is 13.7. The molecule has 0 heterocycles. The largest absolute Gasteiger partial charge is 0.294 e. The van der Waals surface area contributed by atoms with Crippen molar-refractivity contribution in [3.05, 3.63) is 65.2 Å². The summed E-state index contributed by atoms with van der Waals surface area (Å²) >= 11 is 1.49. The average Bonchev–Trinajstić information content (AvgIpc) is 2.43. The molecule has 0 spiro atoms. The molecule has 0 aliphatic heterocycles. The van der Waals surface area contributed by atoms with E-state index in [9.17, 15) is 13.6 Å². The molecule has 1 nitrogen and oxygen atoms in total. The van der Waals surface area contributed by atoms with Gasteiger partial charge in [0.15, 0.2) is 17.4 Å². The quantitative estimate of drug-likeness (QED) is 0.618. The summed E-state index contributed by atoms with van der Waals surface area (Å²) in [5.74, 6) is -1.93. The number of carbonyl (C=O) groups is 1. The maximum absolute atomic E-state index is 13.1. The fourth-order valence-electron chi connectivity index (χ4n) is 1.81. The molecule has 0 saturated heterocycles. The molecule has 0 aliphatic rings. The first-order chi connectivity index (χ1) is 9.11. The topological polar surface area (TPSA) is 17.1 Å². The van der Waals surface area contributed by atoms with Crippen LogP contribution in [0.5, 0.6) is 0 Å². The zero-order valence-corrected chi connectivity index (χ0v) is 11.1. The predicted octanol–water partition coefficient (Wildman–Crippen LogP) is 4.11. The molecule has 2 rings (SSSR count). The Labute approximate surface area is 114 Å². The van der Waals surface area contributed by atoms with Gasteiger partial charge >= 0.3 is 0 Å². The van der Waals surface area contributed by atoms with Gasteiger partial charge in [-0.1, -0.05) is 24.3 Å². The van der Waals surface area contributed by atoms with E-state index in [4.69, 9.17) is 0 Å². The van der Waals surface area contributed by atoms with Crippen LogP contribution in [0.15, 0.2) is 47.4 Å². The average molecular weight is 278 g/mol. The lowest BCUT2D eigenvalue weighted by molar-refractivity contribution is 0.0990. The first-order valence-corrected chi connectivity index (χ1v) is 6.94. The molecule has 0 unspecified atom stereocenters. The van der Waals surface area contributed by atoms with Crippen LogP contribution >= 0.6 is 11.8 Å². The summed E-state index contributed by atoms with van der Waals surface area (Å²) in [6, 6.07) is 10.8. The van der Waals surface area contributed by atoms with Crippen LogP contribution < -0.4 is 0 Å². The lowest BCUT2D eigenvalue weighted by Gasteiger charge is -2.06. The Kier molecular flexibility index (Phi) is 4.32. The molecule has 98 valence electrons. The van der Waals surface area contributed by atoms with Gasteiger partial charge in [-0.15, -0.1) is 11.8 Å². The molecule has 0 amide bonds. The Morgan fingerprint density at radius 2 is 1.84 bits per heavy atom. The summed E-state index contributed by atoms with van der Waals surface area (Å²) in [6.07, 6.45) is 1.96. The van der Waals surface area contributed by atoms with E-state index >= 15 is 0 Å². The number of halogens is 2. The van der Waals surface area contributed by atoms with E-state index in [0.717, 1.165) is 17.0 Å². The van der Waals surface area contributed by atoms with Crippen molar-refractivity contribution in [1.29, 1.82) is 0 Å². The van der Waals surface area contributed by atoms with E-state index in [1.165, 1.54) is 17.8 Å². The Morgan fingerprint density at radius 3 is 2.53 bits per heavy atom. The molecule has 0 aromatic heterocycles. The molecular formula is C15H12F2OS. The first-order valence-electron chi connectivity index (χ1n) is 5.72. The van der Waals surface area contributed by atoms with Crippen molar-refractivity contribution in [1.82, 2.24) is 0 Å². The molecule has 0 radical (unpaired) electrons. The van der Waals surface area contributed by atoms with Crippen molar-refractivity contribution in [2.24, 2.45) is 0 Å². The van der Waals surface area contributed by atoms with Gasteiger partial charge in [-0.05, 0) is 30.0 Å². The molecule has 0 atom stereocenters. The number of carbonyl (C=O) groups excluding carboxylic acids is 1. The molecule has 0 bridgehead atoms. The van der Waals surface area contributed by atoms with Gasteiger partial charge in [-0.3, -0.25) is 4.79 Å². The fraction of sp³-hybridized carbons (Fsp3) is 0.133. The lowest BCUT2D eigenvalue weighted by Crippen LogP contribution is -2.05. The highest BCUT2D eigenvalue weighted by atomic mass is 32.2. The summed E-state index contributed by atoms with van der Waals surface area (Å²) in [5.41, 5.74) is 1.08. The second-order valence-corrected chi connectivity index (χ2v) is 4.90. The summed E-state index contributed by atoms with van der Waals surface area (Å²) in [5, 5.41) is 0. The van der Waals surface area contributed by atoms with E-state index in [1.807, 2.05) is 18.4 Å². The number of benzene rings is 2. The van der Waals surface area contributed by atoms with Crippen molar-refractivity contribution in [2.75, 3.05) is 6.26 Å². The highest BCUT2D eigenvalue weighted by Crippen LogP contribution is 2.21. The van der Waals surface area contributed by atoms with E-state index in [2.05, 4.69) is 0 Å². The van der Waals surface area contributed by atoms with Gasteiger partial charge in [0.1, 0.15) is 0 Å². The number of Topliss-reactive ketones (excluding diaryl/α,β-unsaturated/α-hetero) is 1. The highest BCUT2D eigenvalue weighted by Gasteiger charge is 2.12. The smallest absolute Gasteiger partial charge is 0.168 e. The van der Waals surface area contributed by atoms with Gasteiger partial charge in [-0.2, -0.15) is 0 Å². The van der Waals surface area contributed by atoms with Gasteiger partial charge in [0.2, 0.25) is 0 Å². The predicted molar refractivity (Wildman–Crippen MR) is 72.6 cm³/mol. The second kappa shape index (κ2) is 5.97. The normalized spacial score (nSPS) is 10.5. The Morgan fingerprint density at radius 1 is 1.11 bits per heavy atom. The molecule has 0 saturated carbocycles. The second-order valence-electron chi connectivity index (χ2n) is 4.05. The SMILES string of the molecule is CSc1ccccc1C(=O)Cc1ccc(F)c(F)c1. The van der Waals surface area contributed by atoms with Crippen LogP contribution in [0, 0.1) is 11.6 Å². The van der Waals surface area contributed by atoms with Gasteiger partial charge in [0.05, 0.1) is 0 Å². The van der Waals surface area contributed by atoms with Crippen LogP contribution in [0.4, 0.5) is 8.78 Å². The van der Waals surface area contributed by atoms with Crippen LogP contribution in [0.2, 0.25) is 0 Å². The van der Waals surface area contributed by atoms with Gasteiger partial charge in [0, 0.05) is 16.9 Å². The summed E-state index contributed by atoms with van der Waals surface area (Å²) < 4.78 is 25.9. The van der Waals surface area contributed by atoms with Crippen LogP contribution in [0.3, 0.4) is 0 Å². The molecule has 2 aromatic rings. The molecule has 19 heavy (non-hydrogen) atoms. The zero-order chi connectivity index (χ0) is 13.8. The lowest BCUT2D eigenvalue weighted by atomic mass is 10.0. The highest BCUT2D eigenvalue weighted by molar-refractivity contribution is 7.98. The molecule has 4 heteroatoms. The number of hydrogen-bond acceptors (Lipinski definition) is 2. The Balaban J connectivity index is 2.23. The number of hydrogen-bond donors (Lipinski definition) is 0. The molecule has 0 aliphatic carbocycles. The minimum absolute atomic E-state index is 0.0643. The van der Waals surface area contributed by atoms with Crippen molar-refractivity contribution in [3.8, 4) is 0 Å². The maximum Gasteiger partial charge on any atom is 0.168 e. The van der Waals surface area contributed by atoms with Gasteiger partial charge in [-0.25, -0.2) is 8.78 Å². The van der Waals surface area contributed by atoms with Crippen LogP contribution in [-0.2, 0) is 6.42 Å². The van der Waals surface area contributed by atoms with Crippen LogP contribution in [0.25, 0.3) is 0 Å². The minimum atomic E-state index is -0.927. The number of ketones is 1. The number of rotatable bonds is 4. The Bertz CT molecular complexity index is 611. The monoisotopic (exact) mass is 278 g/mol. The zero-order valence-electron chi connectivity index (χ0n) is 10.3. The molecule has 2 aromatic carbocycles. The van der Waals surface area contributed by atoms with Crippen LogP contribution in [0.1, 0.15) is 15.9 Å². The maximum atomic E-state index is 13.1. The van der Waals surface area contributed by atoms with E-state index in [-0.39, 0.29) is 12.2 Å². The Hall–Kier alpha value is -1.68. The van der Waals surface area contributed by atoms with Gasteiger partial charge in [0.25, 0.3) is 0 Å². The third-order valence-corrected chi connectivity index (χ3v) is 3.55. The third-order valence-electron chi connectivity index (χ3n) is 2.76. The molecular weight excluding hydrogens is 266 g/mol. The van der Waals surface area contributed by atoms with Gasteiger partial charge < -0.3 is 0 Å². The number of thioether (sulfide) groups is 1. The standard InChI is InChI=1S/C15H12F2OS/c1-19-15-5-3-2-4-11(15)14(18)9-10-6-7-12(16)13(17)8-10/h2-8H,9H2,1H3.